The first kappa shape index (κ1) is 21.8. The van der Waals surface area contributed by atoms with Gasteiger partial charge < -0.3 is 15.7 Å². The Balaban J connectivity index is 2.15. The lowest BCUT2D eigenvalue weighted by Crippen LogP contribution is -2.52. The number of carbonyl (C=O) groups excluding carboxylic acids is 2. The second kappa shape index (κ2) is 10.2. The SMILES string of the molecule is CC(=O)N[C@H](Cc1cccc(F)c1)C(=O)N[C@@H](Cc1ccccc1I)C(=O)O. The third kappa shape index (κ3) is 6.59. The highest BCUT2D eigenvalue weighted by molar-refractivity contribution is 14.1. The number of hydrogen-bond acceptors (Lipinski definition) is 3. The van der Waals surface area contributed by atoms with E-state index >= 15 is 0 Å². The largest absolute Gasteiger partial charge is 0.480 e. The molecule has 0 aliphatic heterocycles. The molecule has 148 valence electrons. The highest BCUT2D eigenvalue weighted by Crippen LogP contribution is 2.14. The van der Waals surface area contributed by atoms with Crippen LogP contribution in [0.4, 0.5) is 4.39 Å². The first-order valence-electron chi connectivity index (χ1n) is 8.54. The summed E-state index contributed by atoms with van der Waals surface area (Å²) >= 11 is 2.10. The fourth-order valence-electron chi connectivity index (χ4n) is 2.71. The number of amides is 2. The maximum absolute atomic E-state index is 13.4. The zero-order valence-electron chi connectivity index (χ0n) is 15.1. The summed E-state index contributed by atoms with van der Waals surface area (Å²) in [6, 6.07) is 10.8. The Bertz CT molecular complexity index is 875. The van der Waals surface area contributed by atoms with Crippen molar-refractivity contribution in [2.75, 3.05) is 0 Å². The van der Waals surface area contributed by atoms with Gasteiger partial charge in [0.05, 0.1) is 0 Å². The Morgan fingerprint density at radius 2 is 1.75 bits per heavy atom. The minimum absolute atomic E-state index is 0.0401. The summed E-state index contributed by atoms with van der Waals surface area (Å²) in [6.07, 6.45) is 0.144. The van der Waals surface area contributed by atoms with E-state index in [-0.39, 0.29) is 12.8 Å². The van der Waals surface area contributed by atoms with Crippen LogP contribution in [0, 0.1) is 9.39 Å². The van der Waals surface area contributed by atoms with Gasteiger partial charge in [-0.15, -0.1) is 0 Å². The van der Waals surface area contributed by atoms with Crippen LogP contribution in [0.25, 0.3) is 0 Å². The zero-order valence-corrected chi connectivity index (χ0v) is 17.3. The minimum Gasteiger partial charge on any atom is -0.480 e. The second-order valence-electron chi connectivity index (χ2n) is 6.28. The molecule has 28 heavy (non-hydrogen) atoms. The second-order valence-corrected chi connectivity index (χ2v) is 7.44. The molecule has 0 aliphatic carbocycles. The van der Waals surface area contributed by atoms with Gasteiger partial charge in [-0.25, -0.2) is 9.18 Å². The highest BCUT2D eigenvalue weighted by Gasteiger charge is 2.27. The summed E-state index contributed by atoms with van der Waals surface area (Å²) in [6.45, 7) is 1.26. The number of rotatable bonds is 8. The van der Waals surface area contributed by atoms with Crippen molar-refractivity contribution in [3.05, 3.63) is 69.0 Å². The molecule has 0 saturated heterocycles. The molecule has 0 fully saturated rings. The molecule has 0 aliphatic rings. The topological polar surface area (TPSA) is 95.5 Å². The van der Waals surface area contributed by atoms with Gasteiger partial charge in [0.25, 0.3) is 0 Å². The summed E-state index contributed by atoms with van der Waals surface area (Å²) in [5.74, 6) is -2.72. The van der Waals surface area contributed by atoms with Crippen molar-refractivity contribution >= 4 is 40.4 Å². The van der Waals surface area contributed by atoms with Gasteiger partial charge >= 0.3 is 5.97 Å². The lowest BCUT2D eigenvalue weighted by atomic mass is 10.0. The van der Waals surface area contributed by atoms with Crippen LogP contribution < -0.4 is 10.6 Å². The predicted octanol–water partition coefficient (Wildman–Crippen LogP) is 2.29. The van der Waals surface area contributed by atoms with Crippen molar-refractivity contribution in [1.82, 2.24) is 10.6 Å². The molecule has 0 unspecified atom stereocenters. The van der Waals surface area contributed by atoms with Crippen LogP contribution in [-0.4, -0.2) is 35.0 Å². The average Bonchev–Trinajstić information content (AvgIpc) is 2.61. The van der Waals surface area contributed by atoms with Crippen LogP contribution in [0.15, 0.2) is 48.5 Å². The molecule has 2 amide bonds. The van der Waals surface area contributed by atoms with Gasteiger partial charge in [-0.1, -0.05) is 30.3 Å². The first-order chi connectivity index (χ1) is 13.3. The van der Waals surface area contributed by atoms with Gasteiger partial charge in [0.15, 0.2) is 0 Å². The van der Waals surface area contributed by atoms with E-state index in [9.17, 15) is 23.9 Å². The highest BCUT2D eigenvalue weighted by atomic mass is 127. The van der Waals surface area contributed by atoms with Crippen molar-refractivity contribution < 1.29 is 23.9 Å². The van der Waals surface area contributed by atoms with Crippen LogP contribution in [0.1, 0.15) is 18.1 Å². The van der Waals surface area contributed by atoms with E-state index in [1.54, 1.807) is 18.2 Å². The molecule has 6 nitrogen and oxygen atoms in total. The van der Waals surface area contributed by atoms with Gasteiger partial charge in [0, 0.05) is 23.3 Å². The van der Waals surface area contributed by atoms with Crippen LogP contribution in [0.2, 0.25) is 0 Å². The molecule has 2 rings (SSSR count). The lowest BCUT2D eigenvalue weighted by molar-refractivity contribution is -0.142. The van der Waals surface area contributed by atoms with E-state index in [0.29, 0.717) is 5.56 Å². The number of halogens is 2. The van der Waals surface area contributed by atoms with E-state index < -0.39 is 35.7 Å². The quantitative estimate of drug-likeness (QED) is 0.487. The van der Waals surface area contributed by atoms with Gasteiger partial charge in [0.2, 0.25) is 11.8 Å². The van der Waals surface area contributed by atoms with E-state index in [1.807, 2.05) is 12.1 Å². The maximum Gasteiger partial charge on any atom is 0.326 e. The molecule has 2 aromatic rings. The van der Waals surface area contributed by atoms with Crippen LogP contribution >= 0.6 is 22.6 Å². The normalized spacial score (nSPS) is 12.7. The molecule has 3 N–H and O–H groups in total. The zero-order chi connectivity index (χ0) is 20.7. The number of hydrogen-bond donors (Lipinski definition) is 3. The molecule has 0 saturated carbocycles. The monoisotopic (exact) mass is 498 g/mol. The fourth-order valence-corrected chi connectivity index (χ4v) is 3.32. The molecule has 2 atom stereocenters. The average molecular weight is 498 g/mol. The third-order valence-corrected chi connectivity index (χ3v) is 5.07. The third-order valence-electron chi connectivity index (χ3n) is 4.02. The minimum atomic E-state index is -1.18. The Morgan fingerprint density at radius 1 is 1.04 bits per heavy atom. The fraction of sp³-hybridized carbons (Fsp3) is 0.250. The molecule has 0 bridgehead atoms. The van der Waals surface area contributed by atoms with Crippen LogP contribution in [0.5, 0.6) is 0 Å². The number of carbonyl (C=O) groups is 3. The molecule has 8 heteroatoms. The smallest absolute Gasteiger partial charge is 0.326 e. The summed E-state index contributed by atoms with van der Waals surface area (Å²) in [5.41, 5.74) is 1.30. The number of carboxylic acids is 1. The number of aliphatic carboxylic acids is 1. The molecule has 0 spiro atoms. The van der Waals surface area contributed by atoms with Gasteiger partial charge in [-0.05, 0) is 51.9 Å². The van der Waals surface area contributed by atoms with Gasteiger partial charge in [-0.3, -0.25) is 9.59 Å². The maximum atomic E-state index is 13.4. The number of benzene rings is 2. The molecular formula is C20H20FIN2O4. The molecule has 2 aromatic carbocycles. The molecule has 0 radical (unpaired) electrons. The standard InChI is InChI=1S/C20H20FIN2O4/c1-12(25)23-17(10-13-5-4-7-15(21)9-13)19(26)24-18(20(27)28)11-14-6-2-3-8-16(14)22/h2-9,17-18H,10-11H2,1H3,(H,23,25)(H,24,26)(H,27,28)/t17-,18+/m1/s1. The first-order valence-corrected chi connectivity index (χ1v) is 9.62. The summed E-state index contributed by atoms with van der Waals surface area (Å²) in [5, 5.41) is 14.5. The Hall–Kier alpha value is -2.49. The molecule has 0 heterocycles. The van der Waals surface area contributed by atoms with E-state index in [0.717, 1.165) is 9.13 Å². The van der Waals surface area contributed by atoms with Crippen molar-refractivity contribution in [3.63, 3.8) is 0 Å². The van der Waals surface area contributed by atoms with Crippen molar-refractivity contribution in [3.8, 4) is 0 Å². The Morgan fingerprint density at radius 3 is 2.36 bits per heavy atom. The number of carboxylic acid groups (broad SMARTS) is 1. The molecule has 0 aromatic heterocycles. The summed E-state index contributed by atoms with van der Waals surface area (Å²) < 4.78 is 14.3. The summed E-state index contributed by atoms with van der Waals surface area (Å²) in [4.78, 5) is 35.8. The van der Waals surface area contributed by atoms with E-state index in [4.69, 9.17) is 0 Å². The van der Waals surface area contributed by atoms with Crippen molar-refractivity contribution in [1.29, 1.82) is 0 Å². The predicted molar refractivity (Wildman–Crippen MR) is 110 cm³/mol. The Labute approximate surface area is 175 Å². The molecular weight excluding hydrogens is 478 g/mol. The van der Waals surface area contributed by atoms with E-state index in [1.165, 1.54) is 25.1 Å². The lowest BCUT2D eigenvalue weighted by Gasteiger charge is -2.21. The number of nitrogens with one attached hydrogen (secondary N) is 2. The van der Waals surface area contributed by atoms with Gasteiger partial charge in [0.1, 0.15) is 17.9 Å². The van der Waals surface area contributed by atoms with E-state index in [2.05, 4.69) is 33.2 Å². The summed E-state index contributed by atoms with van der Waals surface area (Å²) in [7, 11) is 0. The van der Waals surface area contributed by atoms with Gasteiger partial charge in [-0.2, -0.15) is 0 Å². The van der Waals surface area contributed by atoms with Crippen LogP contribution in [-0.2, 0) is 27.2 Å². The van der Waals surface area contributed by atoms with Crippen LogP contribution in [0.3, 0.4) is 0 Å². The Kier molecular flexibility index (Phi) is 7.91. The van der Waals surface area contributed by atoms with Crippen molar-refractivity contribution in [2.24, 2.45) is 0 Å². The van der Waals surface area contributed by atoms with Crippen molar-refractivity contribution in [2.45, 2.75) is 31.8 Å².